The van der Waals surface area contributed by atoms with Crippen LogP contribution in [0.5, 0.6) is 0 Å². The number of hydrogen-bond donors (Lipinski definition) is 1. The van der Waals surface area contributed by atoms with Crippen LogP contribution in [0.15, 0.2) is 96.8 Å². The lowest BCUT2D eigenvalue weighted by atomic mass is 9.81. The maximum Gasteiger partial charge on any atom is 0.220 e. The molecule has 234 valence electrons. The van der Waals surface area contributed by atoms with Crippen LogP contribution in [0.1, 0.15) is 92.2 Å². The van der Waals surface area contributed by atoms with Crippen LogP contribution in [-0.4, -0.2) is 35.8 Å². The molecule has 0 unspecified atom stereocenters. The summed E-state index contributed by atoms with van der Waals surface area (Å²) in [6, 6.07) is 17.5. The first-order valence-electron chi connectivity index (χ1n) is 16.5. The fraction of sp³-hybridized carbons (Fsp3) is 0.450. The molecule has 0 fully saturated rings. The summed E-state index contributed by atoms with van der Waals surface area (Å²) >= 11 is 0. The van der Waals surface area contributed by atoms with Crippen LogP contribution >= 0.6 is 0 Å². The van der Waals surface area contributed by atoms with Gasteiger partial charge in [0.25, 0.3) is 0 Å². The topological polar surface area (TPSA) is 35.4 Å². The van der Waals surface area contributed by atoms with Gasteiger partial charge in [0.05, 0.1) is 5.41 Å². The number of para-hydroxylation sites is 2. The average molecular weight is 593 g/mol. The number of benzene rings is 2. The summed E-state index contributed by atoms with van der Waals surface area (Å²) in [7, 11) is 0. The molecule has 0 aliphatic carbocycles. The Balaban J connectivity index is 1.40. The Morgan fingerprint density at radius 3 is 2.23 bits per heavy atom. The Labute approximate surface area is 267 Å². The second-order valence-corrected chi connectivity index (χ2v) is 14.4. The third-order valence-electron chi connectivity index (χ3n) is 8.97. The maximum absolute atomic E-state index is 12.2. The molecule has 2 aromatic carbocycles. The fourth-order valence-electron chi connectivity index (χ4n) is 6.53. The molecule has 0 aromatic heterocycles. The first-order chi connectivity index (χ1) is 20.9. The minimum Gasteiger partial charge on any atom is -0.356 e. The summed E-state index contributed by atoms with van der Waals surface area (Å²) < 4.78 is 2.48. The van der Waals surface area contributed by atoms with Crippen molar-refractivity contribution >= 4 is 23.0 Å². The van der Waals surface area contributed by atoms with Gasteiger partial charge >= 0.3 is 0 Å². The molecule has 0 spiro atoms. The summed E-state index contributed by atoms with van der Waals surface area (Å²) in [4.78, 5) is 14.7. The van der Waals surface area contributed by atoms with E-state index in [4.69, 9.17) is 0 Å². The lowest BCUT2D eigenvalue weighted by Gasteiger charge is -2.25. The molecule has 4 nitrogen and oxygen atoms in total. The number of nitrogens with zero attached hydrogens (tertiary/aromatic N) is 2. The van der Waals surface area contributed by atoms with Gasteiger partial charge < -0.3 is 10.2 Å². The van der Waals surface area contributed by atoms with E-state index in [0.29, 0.717) is 6.42 Å². The summed E-state index contributed by atoms with van der Waals surface area (Å²) in [5, 5.41) is 3.07. The summed E-state index contributed by atoms with van der Waals surface area (Å²) in [5.74, 6) is 0.166. The van der Waals surface area contributed by atoms with Crippen LogP contribution in [0, 0.1) is 5.41 Å². The zero-order chi connectivity index (χ0) is 32.0. The van der Waals surface area contributed by atoms with E-state index < -0.39 is 0 Å². The molecule has 2 aromatic rings. The van der Waals surface area contributed by atoms with E-state index in [9.17, 15) is 4.79 Å². The molecule has 1 N–H and O–H groups in total. The third kappa shape index (κ3) is 7.52. The highest BCUT2D eigenvalue weighted by Gasteiger charge is 2.43. The Morgan fingerprint density at radius 2 is 1.50 bits per heavy atom. The molecule has 4 heteroatoms. The third-order valence-corrected chi connectivity index (χ3v) is 8.97. The lowest BCUT2D eigenvalue weighted by molar-refractivity contribution is -0.438. The van der Waals surface area contributed by atoms with Crippen molar-refractivity contribution < 1.29 is 9.37 Å². The van der Waals surface area contributed by atoms with Crippen molar-refractivity contribution in [3.8, 4) is 0 Å². The Bertz CT molecular complexity index is 1480. The standard InChI is InChI=1S/C40H53N3O/c1-9-42-33-24-19-17-22-31(33)39(5,6)35(42)26-14-11-10-12-15-27-36-40(7,8)32-23-18-20-25-34(32)43(36)29-21-13-16-28-37(44)41-30-38(2,3)4/h10-12,14-15,17-20,22-27H,9,13,16,21,28-30H2,1-8H3/p+1. The van der Waals surface area contributed by atoms with Gasteiger partial charge in [0.2, 0.25) is 11.6 Å². The van der Waals surface area contributed by atoms with Crippen LogP contribution in [0.4, 0.5) is 11.4 Å². The first kappa shape index (κ1) is 33.2. The highest BCUT2D eigenvalue weighted by molar-refractivity contribution is 6.03. The number of hydrogen-bond acceptors (Lipinski definition) is 2. The Hall–Kier alpha value is -3.66. The molecule has 1 amide bonds. The first-order valence-corrected chi connectivity index (χ1v) is 16.5. The van der Waals surface area contributed by atoms with Gasteiger partial charge in [0.15, 0.2) is 5.71 Å². The monoisotopic (exact) mass is 592 g/mol. The largest absolute Gasteiger partial charge is 0.356 e. The average Bonchev–Trinajstić information content (AvgIpc) is 3.33. The molecule has 0 atom stereocenters. The number of nitrogens with one attached hydrogen (secondary N) is 1. The van der Waals surface area contributed by atoms with Gasteiger partial charge in [-0.2, -0.15) is 4.58 Å². The second-order valence-electron chi connectivity index (χ2n) is 14.4. The molecule has 0 saturated heterocycles. The predicted octanol–water partition coefficient (Wildman–Crippen LogP) is 9.16. The zero-order valence-corrected chi connectivity index (χ0v) is 28.4. The predicted molar refractivity (Wildman–Crippen MR) is 188 cm³/mol. The van der Waals surface area contributed by atoms with Crippen molar-refractivity contribution in [1.82, 2.24) is 5.32 Å². The van der Waals surface area contributed by atoms with Crippen LogP contribution in [0.2, 0.25) is 0 Å². The van der Waals surface area contributed by atoms with Gasteiger partial charge in [0, 0.05) is 60.4 Å². The minimum atomic E-state index is -0.0687. The second kappa shape index (κ2) is 14.0. The number of fused-ring (bicyclic) bond motifs is 2. The number of amides is 1. The molecule has 0 radical (unpaired) electrons. The zero-order valence-electron chi connectivity index (χ0n) is 28.4. The number of unbranched alkanes of at least 4 members (excludes halogenated alkanes) is 2. The number of carbonyl (C=O) groups is 1. The van der Waals surface area contributed by atoms with Crippen molar-refractivity contribution in [2.24, 2.45) is 5.41 Å². The molecule has 2 aliphatic rings. The van der Waals surface area contributed by atoms with Crippen LogP contribution in [0.25, 0.3) is 0 Å². The highest BCUT2D eigenvalue weighted by Crippen LogP contribution is 2.47. The van der Waals surface area contributed by atoms with Crippen LogP contribution in [0.3, 0.4) is 0 Å². The molecule has 44 heavy (non-hydrogen) atoms. The van der Waals surface area contributed by atoms with E-state index in [1.807, 2.05) is 0 Å². The Morgan fingerprint density at radius 1 is 0.841 bits per heavy atom. The van der Waals surface area contributed by atoms with E-state index in [1.165, 1.54) is 33.9 Å². The van der Waals surface area contributed by atoms with Crippen molar-refractivity contribution in [3.05, 3.63) is 108 Å². The normalized spacial score (nSPS) is 18.3. The van der Waals surface area contributed by atoms with Crippen molar-refractivity contribution in [1.29, 1.82) is 0 Å². The van der Waals surface area contributed by atoms with E-state index in [1.54, 1.807) is 0 Å². The fourth-order valence-corrected chi connectivity index (χ4v) is 6.53. The van der Waals surface area contributed by atoms with E-state index in [2.05, 4.69) is 161 Å². The Kier molecular flexibility index (Phi) is 10.6. The van der Waals surface area contributed by atoms with E-state index in [-0.39, 0.29) is 22.2 Å². The highest BCUT2D eigenvalue weighted by atomic mass is 16.1. The number of allylic oxidation sites excluding steroid dienone is 8. The van der Waals surface area contributed by atoms with Gasteiger partial charge in [-0.25, -0.2) is 0 Å². The van der Waals surface area contributed by atoms with Gasteiger partial charge in [-0.3, -0.25) is 4.79 Å². The number of carbonyl (C=O) groups excluding carboxylic acids is 1. The lowest BCUT2D eigenvalue weighted by Crippen LogP contribution is -2.32. The van der Waals surface area contributed by atoms with Crippen molar-refractivity contribution in [2.45, 2.75) is 91.9 Å². The summed E-state index contributed by atoms with van der Waals surface area (Å²) in [6.07, 6.45) is 18.8. The number of rotatable bonds is 12. The van der Waals surface area contributed by atoms with Crippen molar-refractivity contribution in [3.63, 3.8) is 0 Å². The van der Waals surface area contributed by atoms with E-state index in [0.717, 1.165) is 38.9 Å². The molecule has 2 aliphatic heterocycles. The molecule has 4 rings (SSSR count). The van der Waals surface area contributed by atoms with Gasteiger partial charge in [-0.15, -0.1) is 0 Å². The van der Waals surface area contributed by atoms with Crippen LogP contribution < -0.4 is 10.2 Å². The quantitative estimate of drug-likeness (QED) is 0.152. The van der Waals surface area contributed by atoms with E-state index >= 15 is 0 Å². The van der Waals surface area contributed by atoms with Crippen LogP contribution in [-0.2, 0) is 15.6 Å². The minimum absolute atomic E-state index is 0.0115. The molecule has 2 heterocycles. The van der Waals surface area contributed by atoms with Gasteiger partial charge in [0.1, 0.15) is 6.54 Å². The van der Waals surface area contributed by atoms with Gasteiger partial charge in [-0.05, 0) is 56.7 Å². The summed E-state index contributed by atoms with van der Waals surface area (Å²) in [5.41, 5.74) is 8.08. The number of likely N-dealkylation sites (N-methyl/N-ethyl adjacent to an activating group) is 1. The van der Waals surface area contributed by atoms with Gasteiger partial charge in [-0.1, -0.05) is 101 Å². The smallest absolute Gasteiger partial charge is 0.220 e. The summed E-state index contributed by atoms with van der Waals surface area (Å²) in [6.45, 7) is 20.6. The maximum atomic E-state index is 12.2. The molecular weight excluding hydrogens is 538 g/mol. The molecule has 0 saturated carbocycles. The molecule has 0 bridgehead atoms. The number of anilines is 1. The SMILES string of the molecule is CCN1/C(=C/C=C/C=C/C=C/C2=[N+](CCCCCC(=O)NCC(C)(C)C)c3ccccc3C2(C)C)C(C)(C)c2ccccc21. The van der Waals surface area contributed by atoms with Crippen molar-refractivity contribution in [2.75, 3.05) is 24.5 Å². The molecular formula is C40H54N3O+.